The molecule has 0 saturated carbocycles. The van der Waals surface area contributed by atoms with Gasteiger partial charge >= 0.3 is 4.87 Å². The first-order valence-corrected chi connectivity index (χ1v) is 10.3. The molecule has 0 atom stereocenters. The predicted octanol–water partition coefficient (Wildman–Crippen LogP) is 2.15. The molecule has 0 spiro atoms. The SMILES string of the molecule is Cc1csc(=O)n1CCCC(=O)NCc1ccc(CN2CCOCC2)cc1. The highest BCUT2D eigenvalue weighted by Gasteiger charge is 2.10. The molecule has 146 valence electrons. The molecule has 7 heteroatoms. The Bertz CT molecular complexity index is 792. The number of ether oxygens (including phenoxy) is 1. The van der Waals surface area contributed by atoms with E-state index >= 15 is 0 Å². The number of carbonyl (C=O) groups excluding carboxylic acids is 1. The van der Waals surface area contributed by atoms with Crippen molar-refractivity contribution < 1.29 is 9.53 Å². The van der Waals surface area contributed by atoms with Crippen LogP contribution in [0, 0.1) is 6.92 Å². The van der Waals surface area contributed by atoms with Gasteiger partial charge in [-0.15, -0.1) is 0 Å². The number of nitrogens with one attached hydrogen (secondary N) is 1. The number of aromatic nitrogens is 1. The molecule has 0 radical (unpaired) electrons. The zero-order chi connectivity index (χ0) is 19.1. The number of rotatable bonds is 8. The molecule has 1 aromatic carbocycles. The minimum Gasteiger partial charge on any atom is -0.379 e. The molecule has 1 N–H and O–H groups in total. The number of hydrogen-bond donors (Lipinski definition) is 1. The summed E-state index contributed by atoms with van der Waals surface area (Å²) >= 11 is 1.21. The number of amides is 1. The van der Waals surface area contributed by atoms with Crippen LogP contribution >= 0.6 is 11.3 Å². The number of nitrogens with zero attached hydrogens (tertiary/aromatic N) is 2. The Labute approximate surface area is 163 Å². The minimum absolute atomic E-state index is 0.0216. The molecule has 1 aliphatic rings. The van der Waals surface area contributed by atoms with E-state index in [9.17, 15) is 9.59 Å². The number of hydrogen-bond acceptors (Lipinski definition) is 5. The predicted molar refractivity (Wildman–Crippen MR) is 107 cm³/mol. The van der Waals surface area contributed by atoms with Gasteiger partial charge in [0.1, 0.15) is 0 Å². The van der Waals surface area contributed by atoms with E-state index in [-0.39, 0.29) is 10.8 Å². The Hall–Kier alpha value is -1.96. The molecule has 2 aromatic rings. The van der Waals surface area contributed by atoms with Crippen molar-refractivity contribution in [2.24, 2.45) is 0 Å². The summed E-state index contributed by atoms with van der Waals surface area (Å²) in [6, 6.07) is 8.40. The lowest BCUT2D eigenvalue weighted by Gasteiger charge is -2.26. The van der Waals surface area contributed by atoms with Crippen LogP contribution in [0.4, 0.5) is 0 Å². The van der Waals surface area contributed by atoms with E-state index in [2.05, 4.69) is 34.5 Å². The molecule has 1 aliphatic heterocycles. The first-order valence-electron chi connectivity index (χ1n) is 9.41. The fourth-order valence-corrected chi connectivity index (χ4v) is 3.90. The number of thiazole rings is 1. The summed E-state index contributed by atoms with van der Waals surface area (Å²) < 4.78 is 7.10. The third kappa shape index (κ3) is 6.02. The Morgan fingerprint density at radius 1 is 1.19 bits per heavy atom. The molecule has 27 heavy (non-hydrogen) atoms. The molecule has 1 saturated heterocycles. The molecule has 3 rings (SSSR count). The summed E-state index contributed by atoms with van der Waals surface area (Å²) in [4.78, 5) is 26.1. The zero-order valence-corrected chi connectivity index (χ0v) is 16.6. The van der Waals surface area contributed by atoms with Crippen LogP contribution in [0.25, 0.3) is 0 Å². The Morgan fingerprint density at radius 2 is 1.89 bits per heavy atom. The number of carbonyl (C=O) groups is 1. The second-order valence-corrected chi connectivity index (χ2v) is 7.70. The van der Waals surface area contributed by atoms with Crippen LogP contribution in [0.2, 0.25) is 0 Å². The Kier molecular flexibility index (Phi) is 7.20. The number of aryl methyl sites for hydroxylation is 1. The van der Waals surface area contributed by atoms with E-state index in [0.29, 0.717) is 25.9 Å². The smallest absolute Gasteiger partial charge is 0.307 e. The Balaban J connectivity index is 1.37. The molecular formula is C20H27N3O3S. The van der Waals surface area contributed by atoms with E-state index < -0.39 is 0 Å². The van der Waals surface area contributed by atoms with Crippen LogP contribution < -0.4 is 10.2 Å². The quantitative estimate of drug-likeness (QED) is 0.751. The molecule has 0 aliphatic carbocycles. The highest BCUT2D eigenvalue weighted by atomic mass is 32.1. The van der Waals surface area contributed by atoms with Crippen LogP contribution in [0.3, 0.4) is 0 Å². The fourth-order valence-electron chi connectivity index (χ4n) is 3.14. The van der Waals surface area contributed by atoms with E-state index in [4.69, 9.17) is 4.74 Å². The van der Waals surface area contributed by atoms with Crippen molar-refractivity contribution in [3.05, 3.63) is 56.1 Å². The lowest BCUT2D eigenvalue weighted by atomic mass is 10.1. The third-order valence-corrected chi connectivity index (χ3v) is 5.67. The molecule has 0 unspecified atom stereocenters. The maximum absolute atomic E-state index is 12.0. The number of benzene rings is 1. The van der Waals surface area contributed by atoms with Crippen molar-refractivity contribution >= 4 is 17.2 Å². The number of morpholine rings is 1. The second kappa shape index (κ2) is 9.82. The molecular weight excluding hydrogens is 362 g/mol. The first-order chi connectivity index (χ1) is 13.1. The summed E-state index contributed by atoms with van der Waals surface area (Å²) in [5.41, 5.74) is 3.34. The van der Waals surface area contributed by atoms with E-state index in [0.717, 1.165) is 44.1 Å². The molecule has 6 nitrogen and oxygen atoms in total. The maximum Gasteiger partial charge on any atom is 0.307 e. The van der Waals surface area contributed by atoms with Crippen molar-refractivity contribution in [3.63, 3.8) is 0 Å². The molecule has 1 amide bonds. The summed E-state index contributed by atoms with van der Waals surface area (Å²) in [5.74, 6) is 0.0216. The van der Waals surface area contributed by atoms with Crippen LogP contribution in [0.5, 0.6) is 0 Å². The van der Waals surface area contributed by atoms with Gasteiger partial charge in [0.05, 0.1) is 13.2 Å². The van der Waals surface area contributed by atoms with Gasteiger partial charge < -0.3 is 14.6 Å². The van der Waals surface area contributed by atoms with Crippen molar-refractivity contribution in [3.8, 4) is 0 Å². The fraction of sp³-hybridized carbons (Fsp3) is 0.500. The van der Waals surface area contributed by atoms with Crippen LogP contribution in [0.15, 0.2) is 34.4 Å². The van der Waals surface area contributed by atoms with Gasteiger partial charge in [-0.3, -0.25) is 14.5 Å². The van der Waals surface area contributed by atoms with E-state index in [1.165, 1.54) is 16.9 Å². The molecule has 0 bridgehead atoms. The zero-order valence-electron chi connectivity index (χ0n) is 15.8. The van der Waals surface area contributed by atoms with Crippen molar-refractivity contribution in [1.29, 1.82) is 0 Å². The third-order valence-electron chi connectivity index (χ3n) is 4.78. The van der Waals surface area contributed by atoms with Gasteiger partial charge in [0, 0.05) is 50.2 Å². The van der Waals surface area contributed by atoms with Crippen LogP contribution in [-0.4, -0.2) is 41.7 Å². The first kappa shape index (κ1) is 19.8. The average Bonchev–Trinajstić information content (AvgIpc) is 3.00. The minimum atomic E-state index is 0.0216. The summed E-state index contributed by atoms with van der Waals surface area (Å²) in [6.07, 6.45) is 1.10. The van der Waals surface area contributed by atoms with Gasteiger partial charge in [-0.25, -0.2) is 0 Å². The van der Waals surface area contributed by atoms with E-state index in [1.54, 1.807) is 4.57 Å². The summed E-state index contributed by atoms with van der Waals surface area (Å²) in [6.45, 7) is 7.57. The lowest BCUT2D eigenvalue weighted by molar-refractivity contribution is -0.121. The van der Waals surface area contributed by atoms with Crippen LogP contribution in [0.1, 0.15) is 29.7 Å². The average molecular weight is 390 g/mol. The summed E-state index contributed by atoms with van der Waals surface area (Å²) in [5, 5.41) is 4.81. The molecule has 1 fully saturated rings. The van der Waals surface area contributed by atoms with Crippen molar-refractivity contribution in [1.82, 2.24) is 14.8 Å². The normalized spacial score (nSPS) is 15.0. The molecule has 2 heterocycles. The Morgan fingerprint density at radius 3 is 2.56 bits per heavy atom. The van der Waals surface area contributed by atoms with Gasteiger partial charge in [-0.2, -0.15) is 0 Å². The largest absolute Gasteiger partial charge is 0.379 e. The second-order valence-electron chi connectivity index (χ2n) is 6.88. The van der Waals surface area contributed by atoms with Gasteiger partial charge in [-0.05, 0) is 24.5 Å². The van der Waals surface area contributed by atoms with Gasteiger partial charge in [-0.1, -0.05) is 35.6 Å². The lowest BCUT2D eigenvalue weighted by Crippen LogP contribution is -2.35. The van der Waals surface area contributed by atoms with Gasteiger partial charge in [0.25, 0.3) is 0 Å². The van der Waals surface area contributed by atoms with Crippen molar-refractivity contribution in [2.45, 2.75) is 39.4 Å². The summed E-state index contributed by atoms with van der Waals surface area (Å²) in [7, 11) is 0. The van der Waals surface area contributed by atoms with Gasteiger partial charge in [0.2, 0.25) is 5.91 Å². The van der Waals surface area contributed by atoms with E-state index in [1.807, 2.05) is 12.3 Å². The highest BCUT2D eigenvalue weighted by Crippen LogP contribution is 2.09. The van der Waals surface area contributed by atoms with Crippen LogP contribution in [-0.2, 0) is 29.2 Å². The van der Waals surface area contributed by atoms with Crippen molar-refractivity contribution in [2.75, 3.05) is 26.3 Å². The topological polar surface area (TPSA) is 63.6 Å². The maximum atomic E-state index is 12.0. The molecule has 1 aromatic heterocycles. The highest BCUT2D eigenvalue weighted by molar-refractivity contribution is 7.07. The standard InChI is InChI=1S/C20H27N3O3S/c1-16-15-27-20(25)23(16)8-2-3-19(24)21-13-17-4-6-18(7-5-17)14-22-9-11-26-12-10-22/h4-7,15H,2-3,8-14H2,1H3,(H,21,24). The van der Waals surface area contributed by atoms with Gasteiger partial charge in [0.15, 0.2) is 0 Å². The monoisotopic (exact) mass is 389 g/mol.